The van der Waals surface area contributed by atoms with Gasteiger partial charge >= 0.3 is 12.4 Å². The fourth-order valence-corrected chi connectivity index (χ4v) is 2.50. The average molecular weight is 358 g/mol. The van der Waals surface area contributed by atoms with E-state index < -0.39 is 23.5 Å². The van der Waals surface area contributed by atoms with E-state index in [4.69, 9.17) is 0 Å². The van der Waals surface area contributed by atoms with Crippen LogP contribution in [0.2, 0.25) is 0 Å². The second kappa shape index (κ2) is 5.50. The van der Waals surface area contributed by atoms with Crippen LogP contribution in [0.1, 0.15) is 22.3 Å². The molecule has 3 aromatic rings. The van der Waals surface area contributed by atoms with Gasteiger partial charge in [0.2, 0.25) is 0 Å². The third kappa shape index (κ3) is 3.33. The Bertz CT molecular complexity index is 879. The molecular weight excluding hydrogens is 346 g/mol. The van der Waals surface area contributed by atoms with E-state index in [9.17, 15) is 26.3 Å². The fraction of sp³-hybridized carbons (Fsp3) is 0.235. The Balaban J connectivity index is 2.22. The van der Waals surface area contributed by atoms with E-state index >= 15 is 0 Å². The Morgan fingerprint density at radius 1 is 0.760 bits per heavy atom. The van der Waals surface area contributed by atoms with Gasteiger partial charge in [-0.15, -0.1) is 0 Å². The Hall–Kier alpha value is -2.51. The average Bonchev–Trinajstić information content (AvgIpc) is 2.88. The van der Waals surface area contributed by atoms with Crippen molar-refractivity contribution in [1.82, 2.24) is 9.97 Å². The number of benzene rings is 2. The first-order valence-corrected chi connectivity index (χ1v) is 7.22. The van der Waals surface area contributed by atoms with Crippen molar-refractivity contribution in [3.05, 3.63) is 52.6 Å². The van der Waals surface area contributed by atoms with Crippen LogP contribution in [0.4, 0.5) is 26.3 Å². The van der Waals surface area contributed by atoms with E-state index in [1.807, 2.05) is 13.8 Å². The molecule has 0 unspecified atom stereocenters. The molecule has 1 heterocycles. The van der Waals surface area contributed by atoms with E-state index in [2.05, 4.69) is 9.97 Å². The molecule has 0 saturated carbocycles. The van der Waals surface area contributed by atoms with Crippen molar-refractivity contribution in [3.63, 3.8) is 0 Å². The van der Waals surface area contributed by atoms with Crippen molar-refractivity contribution in [2.24, 2.45) is 0 Å². The summed E-state index contributed by atoms with van der Waals surface area (Å²) >= 11 is 0. The molecular formula is C17H12F6N2. The standard InChI is InChI=1S/C17H12F6N2/c1-8-3-13-14(4-9(8)2)25-15(24-13)10-5-11(16(18,19)20)7-12(6-10)17(21,22)23/h3-7H,1-2H3,(H,24,25). The van der Waals surface area contributed by atoms with Crippen molar-refractivity contribution in [3.8, 4) is 11.4 Å². The SMILES string of the molecule is Cc1cc2nc(-c3cc(C(F)(F)F)cc(C(F)(F)F)c3)[nH]c2cc1C. The van der Waals surface area contributed by atoms with E-state index in [-0.39, 0.29) is 17.5 Å². The van der Waals surface area contributed by atoms with E-state index in [1.165, 1.54) is 0 Å². The fourth-order valence-electron chi connectivity index (χ4n) is 2.50. The highest BCUT2D eigenvalue weighted by Crippen LogP contribution is 2.38. The number of H-pyrrole nitrogens is 1. The summed E-state index contributed by atoms with van der Waals surface area (Å²) in [4.78, 5) is 6.93. The number of aryl methyl sites for hydroxylation is 2. The van der Waals surface area contributed by atoms with Gasteiger partial charge in [0.05, 0.1) is 22.2 Å². The molecule has 0 amide bonds. The number of aromatic amines is 1. The quantitative estimate of drug-likeness (QED) is 0.540. The Kier molecular flexibility index (Phi) is 3.81. The first kappa shape index (κ1) is 17.3. The number of imidazole rings is 1. The van der Waals surface area contributed by atoms with E-state index in [0.29, 0.717) is 23.2 Å². The zero-order valence-electron chi connectivity index (χ0n) is 13.1. The molecule has 0 aliphatic carbocycles. The molecule has 8 heteroatoms. The van der Waals surface area contributed by atoms with Crippen molar-refractivity contribution in [2.45, 2.75) is 26.2 Å². The molecule has 1 aromatic heterocycles. The number of nitrogens with zero attached hydrogens (tertiary/aromatic N) is 1. The van der Waals surface area contributed by atoms with Gasteiger partial charge in [0, 0.05) is 5.56 Å². The normalized spacial score (nSPS) is 12.8. The summed E-state index contributed by atoms with van der Waals surface area (Å²) in [5.41, 5.74) is -0.134. The molecule has 2 nitrogen and oxygen atoms in total. The Morgan fingerprint density at radius 3 is 1.80 bits per heavy atom. The third-order valence-corrected chi connectivity index (χ3v) is 3.96. The van der Waals surface area contributed by atoms with Gasteiger partial charge < -0.3 is 4.98 Å². The second-order valence-corrected chi connectivity index (χ2v) is 5.83. The van der Waals surface area contributed by atoms with Gasteiger partial charge in [0.25, 0.3) is 0 Å². The molecule has 0 atom stereocenters. The largest absolute Gasteiger partial charge is 0.416 e. The minimum absolute atomic E-state index is 0.0448. The van der Waals surface area contributed by atoms with Gasteiger partial charge in [-0.1, -0.05) is 0 Å². The highest BCUT2D eigenvalue weighted by atomic mass is 19.4. The topological polar surface area (TPSA) is 28.7 Å². The molecule has 0 radical (unpaired) electrons. The van der Waals surface area contributed by atoms with Crippen LogP contribution >= 0.6 is 0 Å². The maximum absolute atomic E-state index is 13.0. The first-order chi connectivity index (χ1) is 11.4. The number of rotatable bonds is 1. The number of hydrogen-bond donors (Lipinski definition) is 1. The van der Waals surface area contributed by atoms with Crippen LogP contribution in [-0.4, -0.2) is 9.97 Å². The molecule has 1 N–H and O–H groups in total. The Labute approximate surface area is 138 Å². The van der Waals surface area contributed by atoms with Gasteiger partial charge in [-0.2, -0.15) is 26.3 Å². The maximum Gasteiger partial charge on any atom is 0.416 e. The van der Waals surface area contributed by atoms with Gasteiger partial charge in [0.1, 0.15) is 5.82 Å². The number of hydrogen-bond acceptors (Lipinski definition) is 1. The van der Waals surface area contributed by atoms with Crippen LogP contribution in [-0.2, 0) is 12.4 Å². The van der Waals surface area contributed by atoms with Crippen molar-refractivity contribution in [1.29, 1.82) is 0 Å². The van der Waals surface area contributed by atoms with Crippen molar-refractivity contribution < 1.29 is 26.3 Å². The minimum atomic E-state index is -4.89. The summed E-state index contributed by atoms with van der Waals surface area (Å²) in [7, 11) is 0. The van der Waals surface area contributed by atoms with Gasteiger partial charge in [-0.05, 0) is 55.3 Å². The van der Waals surface area contributed by atoms with Crippen LogP contribution in [0.5, 0.6) is 0 Å². The zero-order valence-corrected chi connectivity index (χ0v) is 13.1. The molecule has 25 heavy (non-hydrogen) atoms. The third-order valence-electron chi connectivity index (χ3n) is 3.96. The second-order valence-electron chi connectivity index (χ2n) is 5.83. The summed E-state index contributed by atoms with van der Waals surface area (Å²) in [6, 6.07) is 4.89. The van der Waals surface area contributed by atoms with Crippen molar-refractivity contribution in [2.75, 3.05) is 0 Å². The monoisotopic (exact) mass is 358 g/mol. The summed E-state index contributed by atoms with van der Waals surface area (Å²) in [5, 5.41) is 0. The summed E-state index contributed by atoms with van der Waals surface area (Å²) < 4.78 is 77.8. The molecule has 2 aromatic carbocycles. The molecule has 0 bridgehead atoms. The first-order valence-electron chi connectivity index (χ1n) is 7.22. The lowest BCUT2D eigenvalue weighted by atomic mass is 10.0. The minimum Gasteiger partial charge on any atom is -0.338 e. The van der Waals surface area contributed by atoms with Gasteiger partial charge in [-0.3, -0.25) is 0 Å². The highest BCUT2D eigenvalue weighted by molar-refractivity contribution is 5.81. The highest BCUT2D eigenvalue weighted by Gasteiger charge is 2.37. The summed E-state index contributed by atoms with van der Waals surface area (Å²) in [6.45, 7) is 3.69. The molecule has 0 aliphatic heterocycles. The van der Waals surface area contributed by atoms with Crippen molar-refractivity contribution >= 4 is 11.0 Å². The van der Waals surface area contributed by atoms with Crippen LogP contribution in [0.3, 0.4) is 0 Å². The predicted molar refractivity (Wildman–Crippen MR) is 81.0 cm³/mol. The van der Waals surface area contributed by atoms with Crippen LogP contribution in [0.25, 0.3) is 22.4 Å². The number of aromatic nitrogens is 2. The van der Waals surface area contributed by atoms with Gasteiger partial charge in [-0.25, -0.2) is 4.98 Å². The van der Waals surface area contributed by atoms with Crippen LogP contribution in [0, 0.1) is 13.8 Å². The number of alkyl halides is 6. The lowest BCUT2D eigenvalue weighted by molar-refractivity contribution is -0.143. The summed E-state index contributed by atoms with van der Waals surface area (Å²) in [5.74, 6) is -0.0448. The van der Waals surface area contributed by atoms with Gasteiger partial charge in [0.15, 0.2) is 0 Å². The Morgan fingerprint density at radius 2 is 1.28 bits per heavy atom. The van der Waals surface area contributed by atoms with E-state index in [1.54, 1.807) is 12.1 Å². The molecule has 3 rings (SSSR count). The summed E-state index contributed by atoms with van der Waals surface area (Å²) in [6.07, 6.45) is -9.79. The zero-order chi connectivity index (χ0) is 18.6. The lowest BCUT2D eigenvalue weighted by Gasteiger charge is -2.13. The molecule has 0 saturated heterocycles. The predicted octanol–water partition coefficient (Wildman–Crippen LogP) is 5.88. The van der Waals surface area contributed by atoms with Crippen LogP contribution < -0.4 is 0 Å². The number of nitrogens with one attached hydrogen (secondary N) is 1. The van der Waals surface area contributed by atoms with Crippen LogP contribution in [0.15, 0.2) is 30.3 Å². The molecule has 132 valence electrons. The maximum atomic E-state index is 13.0. The molecule has 0 aliphatic rings. The lowest BCUT2D eigenvalue weighted by Crippen LogP contribution is -2.11. The molecule has 0 spiro atoms. The molecule has 0 fully saturated rings. The number of fused-ring (bicyclic) bond motifs is 1. The van der Waals surface area contributed by atoms with E-state index in [0.717, 1.165) is 11.1 Å². The number of halogens is 6. The smallest absolute Gasteiger partial charge is 0.338 e.